The summed E-state index contributed by atoms with van der Waals surface area (Å²) in [4.78, 5) is 25.9. The second-order valence-electron chi connectivity index (χ2n) is 6.56. The summed E-state index contributed by atoms with van der Waals surface area (Å²) in [6, 6.07) is 7.67. The zero-order chi connectivity index (χ0) is 20.4. The minimum absolute atomic E-state index is 0.231. The van der Waals surface area contributed by atoms with Gasteiger partial charge in [-0.05, 0) is 49.1 Å². The summed E-state index contributed by atoms with van der Waals surface area (Å²) in [5.74, 6) is 0.903. The van der Waals surface area contributed by atoms with E-state index in [0.717, 1.165) is 27.6 Å². The number of thioether (sulfide) groups is 1. The van der Waals surface area contributed by atoms with E-state index in [4.69, 9.17) is 0 Å². The fourth-order valence-corrected chi connectivity index (χ4v) is 3.96. The molecule has 0 unspecified atom stereocenters. The van der Waals surface area contributed by atoms with Gasteiger partial charge in [0, 0.05) is 22.4 Å². The van der Waals surface area contributed by atoms with E-state index in [9.17, 15) is 9.18 Å². The van der Waals surface area contributed by atoms with Gasteiger partial charge in [-0.3, -0.25) is 4.79 Å². The Morgan fingerprint density at radius 3 is 2.83 bits per heavy atom. The zero-order valence-corrected chi connectivity index (χ0v) is 16.9. The van der Waals surface area contributed by atoms with E-state index >= 15 is 0 Å². The van der Waals surface area contributed by atoms with Crippen molar-refractivity contribution in [3.63, 3.8) is 0 Å². The quantitative estimate of drug-likeness (QED) is 0.594. The Morgan fingerprint density at radius 1 is 1.28 bits per heavy atom. The second-order valence-corrected chi connectivity index (χ2v) is 7.87. The Morgan fingerprint density at radius 2 is 2.07 bits per heavy atom. The van der Waals surface area contributed by atoms with Crippen molar-refractivity contribution in [1.82, 2.24) is 25.6 Å². The molecular formula is C21H20FN5OS. The number of benzene rings is 1. The number of halogens is 1. The Labute approximate surface area is 171 Å². The third kappa shape index (κ3) is 4.02. The number of carbonyl (C=O) groups is 1. The Bertz CT molecular complexity index is 1130. The maximum absolute atomic E-state index is 13.2. The third-order valence-corrected chi connectivity index (χ3v) is 5.47. The molecule has 0 fully saturated rings. The molecule has 0 atom stereocenters. The molecule has 6 nitrogen and oxygen atoms in total. The molecule has 8 heteroatoms. The van der Waals surface area contributed by atoms with E-state index in [1.165, 1.54) is 12.1 Å². The van der Waals surface area contributed by atoms with Crippen LogP contribution in [0.4, 0.5) is 4.39 Å². The summed E-state index contributed by atoms with van der Waals surface area (Å²) in [6.45, 7) is 4.65. The third-order valence-electron chi connectivity index (χ3n) is 4.51. The van der Waals surface area contributed by atoms with Crippen molar-refractivity contribution in [1.29, 1.82) is 0 Å². The lowest BCUT2D eigenvalue weighted by molar-refractivity contribution is 0.0966. The van der Waals surface area contributed by atoms with Crippen LogP contribution in [0, 0.1) is 5.82 Å². The van der Waals surface area contributed by atoms with Gasteiger partial charge in [0.05, 0.1) is 23.3 Å². The summed E-state index contributed by atoms with van der Waals surface area (Å²) < 4.78 is 13.2. The highest BCUT2D eigenvalue weighted by molar-refractivity contribution is 8.03. The maximum Gasteiger partial charge on any atom is 0.257 e. The van der Waals surface area contributed by atoms with E-state index in [2.05, 4.69) is 32.5 Å². The number of dihydropyridines is 1. The van der Waals surface area contributed by atoms with E-state index in [1.807, 2.05) is 13.0 Å². The van der Waals surface area contributed by atoms with E-state index < -0.39 is 0 Å². The SMILES string of the molecule is CCSC1=C(NC(=O)c2ccnc3nc(-c4ccc(F)cc4)[nH]c23)CNC(C)=C1. The number of aromatic amines is 1. The lowest BCUT2D eigenvalue weighted by Gasteiger charge is -2.20. The van der Waals surface area contributed by atoms with Crippen LogP contribution >= 0.6 is 11.8 Å². The molecule has 3 aromatic rings. The first kappa shape index (κ1) is 19.2. The molecule has 2 aromatic heterocycles. The fraction of sp³-hybridized carbons (Fsp3) is 0.190. The molecule has 4 rings (SSSR count). The van der Waals surface area contributed by atoms with Crippen LogP contribution in [0.5, 0.6) is 0 Å². The summed E-state index contributed by atoms with van der Waals surface area (Å²) in [7, 11) is 0. The van der Waals surface area contributed by atoms with Crippen molar-refractivity contribution in [3.05, 3.63) is 70.3 Å². The lowest BCUT2D eigenvalue weighted by atomic mass is 10.2. The number of rotatable bonds is 5. The fourth-order valence-electron chi connectivity index (χ4n) is 3.09. The van der Waals surface area contributed by atoms with Crippen molar-refractivity contribution >= 4 is 28.8 Å². The van der Waals surface area contributed by atoms with Crippen molar-refractivity contribution in [2.75, 3.05) is 12.3 Å². The molecule has 148 valence electrons. The van der Waals surface area contributed by atoms with E-state index in [0.29, 0.717) is 29.1 Å². The van der Waals surface area contributed by atoms with Crippen LogP contribution in [0.2, 0.25) is 0 Å². The topological polar surface area (TPSA) is 82.7 Å². The van der Waals surface area contributed by atoms with Gasteiger partial charge in [-0.15, -0.1) is 11.8 Å². The molecule has 3 N–H and O–H groups in total. The van der Waals surface area contributed by atoms with Gasteiger partial charge in [0.25, 0.3) is 5.91 Å². The maximum atomic E-state index is 13.2. The molecular weight excluding hydrogens is 389 g/mol. The molecule has 29 heavy (non-hydrogen) atoms. The first-order chi connectivity index (χ1) is 14.0. The van der Waals surface area contributed by atoms with Gasteiger partial charge >= 0.3 is 0 Å². The van der Waals surface area contributed by atoms with Gasteiger partial charge in [0.2, 0.25) is 0 Å². The number of imidazole rings is 1. The highest BCUT2D eigenvalue weighted by atomic mass is 32.2. The van der Waals surface area contributed by atoms with Crippen LogP contribution in [-0.4, -0.2) is 33.2 Å². The van der Waals surface area contributed by atoms with E-state index in [1.54, 1.807) is 36.2 Å². The van der Waals surface area contributed by atoms with Gasteiger partial charge in [-0.2, -0.15) is 0 Å². The van der Waals surface area contributed by atoms with Crippen molar-refractivity contribution in [2.45, 2.75) is 13.8 Å². The normalized spacial score (nSPS) is 14.0. The predicted molar refractivity (Wildman–Crippen MR) is 114 cm³/mol. The number of hydrogen-bond acceptors (Lipinski definition) is 5. The second kappa shape index (κ2) is 8.08. The molecule has 0 spiro atoms. The van der Waals surface area contributed by atoms with Gasteiger partial charge < -0.3 is 15.6 Å². The predicted octanol–water partition coefficient (Wildman–Crippen LogP) is 3.97. The van der Waals surface area contributed by atoms with Crippen LogP contribution < -0.4 is 10.6 Å². The first-order valence-electron chi connectivity index (χ1n) is 9.25. The molecule has 1 aliphatic rings. The minimum Gasteiger partial charge on any atom is -0.383 e. The lowest BCUT2D eigenvalue weighted by Crippen LogP contribution is -2.32. The number of nitrogens with zero attached hydrogens (tertiary/aromatic N) is 2. The number of H-pyrrole nitrogens is 1. The number of aromatic nitrogens is 3. The highest BCUT2D eigenvalue weighted by Crippen LogP contribution is 2.25. The number of allylic oxidation sites excluding steroid dienone is 2. The molecule has 0 saturated heterocycles. The highest BCUT2D eigenvalue weighted by Gasteiger charge is 2.19. The molecule has 0 bridgehead atoms. The van der Waals surface area contributed by atoms with E-state index in [-0.39, 0.29) is 11.7 Å². The van der Waals surface area contributed by atoms with Gasteiger partial charge in [0.1, 0.15) is 11.6 Å². The van der Waals surface area contributed by atoms with Gasteiger partial charge in [0.15, 0.2) is 5.65 Å². The standard InChI is InChI=1S/C21H20FN5OS/c1-3-29-17-10-12(2)24-11-16(17)25-21(28)15-8-9-23-20-18(15)26-19(27-20)13-4-6-14(22)7-5-13/h4-10,24H,3,11H2,1-2H3,(H,25,28)(H,23,26,27). The average molecular weight is 409 g/mol. The monoisotopic (exact) mass is 409 g/mol. The summed E-state index contributed by atoms with van der Waals surface area (Å²) in [5, 5.41) is 6.28. The van der Waals surface area contributed by atoms with Crippen molar-refractivity contribution in [2.24, 2.45) is 0 Å². The molecule has 1 amide bonds. The minimum atomic E-state index is -0.317. The average Bonchev–Trinajstić information content (AvgIpc) is 3.15. The van der Waals surface area contributed by atoms with Crippen LogP contribution in [0.1, 0.15) is 24.2 Å². The van der Waals surface area contributed by atoms with Crippen LogP contribution in [-0.2, 0) is 0 Å². The number of nitrogens with one attached hydrogen (secondary N) is 3. The number of fused-ring (bicyclic) bond motifs is 1. The number of hydrogen-bond donors (Lipinski definition) is 3. The number of pyridine rings is 1. The summed E-state index contributed by atoms with van der Waals surface area (Å²) in [6.07, 6.45) is 3.60. The molecule has 0 saturated carbocycles. The Hall–Kier alpha value is -3.13. The molecule has 1 aromatic carbocycles. The summed E-state index contributed by atoms with van der Waals surface area (Å²) in [5.41, 5.74) is 4.07. The summed E-state index contributed by atoms with van der Waals surface area (Å²) >= 11 is 1.69. The zero-order valence-electron chi connectivity index (χ0n) is 16.0. The van der Waals surface area contributed by atoms with Crippen LogP contribution in [0.25, 0.3) is 22.6 Å². The molecule has 1 aliphatic heterocycles. The molecule has 3 heterocycles. The molecule has 0 radical (unpaired) electrons. The van der Waals surface area contributed by atoms with Crippen LogP contribution in [0.3, 0.4) is 0 Å². The van der Waals surface area contributed by atoms with Crippen molar-refractivity contribution < 1.29 is 9.18 Å². The Kier molecular flexibility index (Phi) is 5.35. The van der Waals surface area contributed by atoms with Gasteiger partial charge in [-0.1, -0.05) is 6.92 Å². The smallest absolute Gasteiger partial charge is 0.257 e. The number of carbonyl (C=O) groups excluding carboxylic acids is 1. The largest absolute Gasteiger partial charge is 0.383 e. The first-order valence-corrected chi connectivity index (χ1v) is 10.2. The van der Waals surface area contributed by atoms with Gasteiger partial charge in [-0.25, -0.2) is 14.4 Å². The van der Waals surface area contributed by atoms with Crippen molar-refractivity contribution in [3.8, 4) is 11.4 Å². The molecule has 0 aliphatic carbocycles. The van der Waals surface area contributed by atoms with Crippen LogP contribution in [0.15, 0.2) is 58.9 Å². The Balaban J connectivity index is 1.67. The number of amides is 1.